The Kier molecular flexibility index (Phi) is 5.82. The number of aryl methyl sites for hydroxylation is 2. The average molecular weight is 394 g/mol. The largest absolute Gasteiger partial charge is 0.371 e. The maximum absolute atomic E-state index is 13.0. The van der Waals surface area contributed by atoms with Crippen molar-refractivity contribution in [1.29, 1.82) is 0 Å². The molecule has 1 amide bonds. The molecule has 0 aliphatic carbocycles. The van der Waals surface area contributed by atoms with Gasteiger partial charge in [0.15, 0.2) is 0 Å². The van der Waals surface area contributed by atoms with Gasteiger partial charge in [0.05, 0.1) is 29.9 Å². The highest BCUT2D eigenvalue weighted by Gasteiger charge is 2.31. The van der Waals surface area contributed by atoms with E-state index < -0.39 is 15.9 Å². The molecule has 0 saturated heterocycles. The number of nitrogens with zero attached hydrogens (tertiary/aromatic N) is 3. The molecular weight excluding hydrogens is 366 g/mol. The third-order valence-corrected chi connectivity index (χ3v) is 5.07. The zero-order valence-corrected chi connectivity index (χ0v) is 17.7. The lowest BCUT2D eigenvalue weighted by Crippen LogP contribution is -2.37. The van der Waals surface area contributed by atoms with Gasteiger partial charge in [0, 0.05) is 12.6 Å². The molecule has 1 aromatic carbocycles. The van der Waals surface area contributed by atoms with Gasteiger partial charge in [-0.05, 0) is 52.3 Å². The lowest BCUT2D eigenvalue weighted by Gasteiger charge is -2.21. The Balaban J connectivity index is 2.37. The van der Waals surface area contributed by atoms with Crippen LogP contribution in [0.15, 0.2) is 24.3 Å². The van der Waals surface area contributed by atoms with Crippen molar-refractivity contribution >= 4 is 21.6 Å². The topological polar surface area (TPSA) is 81.5 Å². The summed E-state index contributed by atoms with van der Waals surface area (Å²) in [6, 6.07) is 6.76. The molecule has 8 heteroatoms. The highest BCUT2D eigenvalue weighted by Crippen LogP contribution is 2.28. The van der Waals surface area contributed by atoms with Gasteiger partial charge in [-0.2, -0.15) is 9.40 Å². The van der Waals surface area contributed by atoms with Crippen LogP contribution in [0.4, 0.5) is 5.69 Å². The average Bonchev–Trinajstić information content (AvgIpc) is 2.78. The molecule has 1 aromatic heterocycles. The van der Waals surface area contributed by atoms with Gasteiger partial charge < -0.3 is 4.74 Å². The summed E-state index contributed by atoms with van der Waals surface area (Å²) in [6.07, 6.45) is 1.02. The van der Waals surface area contributed by atoms with Crippen molar-refractivity contribution in [2.45, 2.75) is 46.8 Å². The van der Waals surface area contributed by atoms with Crippen LogP contribution in [0.5, 0.6) is 0 Å². The van der Waals surface area contributed by atoms with E-state index in [2.05, 4.69) is 5.10 Å². The Morgan fingerprint density at radius 1 is 1.19 bits per heavy atom. The highest BCUT2D eigenvalue weighted by atomic mass is 32.2. The van der Waals surface area contributed by atoms with Crippen molar-refractivity contribution in [3.8, 4) is 0 Å². The Morgan fingerprint density at radius 2 is 1.74 bits per heavy atom. The first-order chi connectivity index (χ1) is 12.3. The molecule has 2 aromatic rings. The number of rotatable bonds is 5. The second kappa shape index (κ2) is 7.44. The van der Waals surface area contributed by atoms with Crippen LogP contribution < -0.4 is 4.31 Å². The van der Waals surface area contributed by atoms with Gasteiger partial charge in [-0.1, -0.05) is 12.1 Å². The van der Waals surface area contributed by atoms with Crippen molar-refractivity contribution in [3.63, 3.8) is 0 Å². The molecule has 0 saturated carbocycles. The molecule has 27 heavy (non-hydrogen) atoms. The van der Waals surface area contributed by atoms with Gasteiger partial charge in [0.2, 0.25) is 10.0 Å². The van der Waals surface area contributed by atoms with E-state index in [1.807, 2.05) is 20.8 Å². The Morgan fingerprint density at radius 3 is 2.15 bits per heavy atom. The van der Waals surface area contributed by atoms with Crippen molar-refractivity contribution in [2.75, 3.05) is 10.6 Å². The number of sulfonamides is 1. The number of amides is 1. The van der Waals surface area contributed by atoms with Crippen molar-refractivity contribution in [2.24, 2.45) is 7.05 Å². The molecule has 0 atom stereocenters. The molecule has 0 aliphatic heterocycles. The van der Waals surface area contributed by atoms with Gasteiger partial charge in [0.1, 0.15) is 5.69 Å². The number of benzene rings is 1. The Labute approximate surface area is 161 Å². The van der Waals surface area contributed by atoms with Crippen LogP contribution in [-0.4, -0.2) is 36.0 Å². The normalized spacial score (nSPS) is 12.3. The fourth-order valence-corrected chi connectivity index (χ4v) is 3.64. The van der Waals surface area contributed by atoms with Gasteiger partial charge >= 0.3 is 0 Å². The van der Waals surface area contributed by atoms with Gasteiger partial charge in [-0.15, -0.1) is 0 Å². The first kappa shape index (κ1) is 21.1. The van der Waals surface area contributed by atoms with Crippen molar-refractivity contribution < 1.29 is 17.9 Å². The summed E-state index contributed by atoms with van der Waals surface area (Å²) in [4.78, 5) is 13.0. The molecule has 0 N–H and O–H groups in total. The second-order valence-corrected chi connectivity index (χ2v) is 9.40. The highest BCUT2D eigenvalue weighted by molar-refractivity contribution is 7.92. The van der Waals surface area contributed by atoms with E-state index in [-0.39, 0.29) is 11.2 Å². The summed E-state index contributed by atoms with van der Waals surface area (Å²) in [6.45, 7) is 9.72. The van der Waals surface area contributed by atoms with Gasteiger partial charge in [0.25, 0.3) is 5.91 Å². The maximum Gasteiger partial charge on any atom is 0.272 e. The summed E-state index contributed by atoms with van der Waals surface area (Å²) in [5, 5.41) is 4.22. The Bertz CT molecular complexity index is 939. The molecule has 148 valence electrons. The van der Waals surface area contributed by atoms with Gasteiger partial charge in [-0.25, -0.2) is 8.42 Å². The zero-order chi connectivity index (χ0) is 20.6. The summed E-state index contributed by atoms with van der Waals surface area (Å²) in [7, 11) is -2.12. The number of carbonyl (C=O) groups excluding carboxylic acids is 1. The van der Waals surface area contributed by atoms with E-state index in [1.165, 1.54) is 0 Å². The van der Waals surface area contributed by atoms with E-state index in [9.17, 15) is 13.2 Å². The number of anilines is 1. The van der Waals surface area contributed by atoms with Crippen LogP contribution >= 0.6 is 0 Å². The minimum Gasteiger partial charge on any atom is -0.371 e. The van der Waals surface area contributed by atoms with Crippen LogP contribution in [0.2, 0.25) is 0 Å². The first-order valence-electron chi connectivity index (χ1n) is 8.59. The predicted octanol–water partition coefficient (Wildman–Crippen LogP) is 2.96. The van der Waals surface area contributed by atoms with Crippen LogP contribution in [0.1, 0.15) is 48.1 Å². The summed E-state index contributed by atoms with van der Waals surface area (Å²) in [5.41, 5.74) is 2.29. The fourth-order valence-electron chi connectivity index (χ4n) is 2.63. The summed E-state index contributed by atoms with van der Waals surface area (Å²) in [5.74, 6) is -0.611. The van der Waals surface area contributed by atoms with Crippen LogP contribution in [0, 0.1) is 13.8 Å². The summed E-state index contributed by atoms with van der Waals surface area (Å²) >= 11 is 0. The van der Waals surface area contributed by atoms with E-state index in [4.69, 9.17) is 4.74 Å². The van der Waals surface area contributed by atoms with E-state index in [0.717, 1.165) is 16.1 Å². The molecule has 7 nitrogen and oxygen atoms in total. The fraction of sp³-hybridized carbons (Fsp3) is 0.474. The number of hydrogen-bond acceptors (Lipinski definition) is 5. The molecule has 0 unspecified atom stereocenters. The number of ether oxygens (including phenoxy) is 1. The third-order valence-electron chi connectivity index (χ3n) is 4.06. The number of hydrogen-bond donors (Lipinski definition) is 0. The predicted molar refractivity (Wildman–Crippen MR) is 105 cm³/mol. The first-order valence-corrected chi connectivity index (χ1v) is 10.4. The summed E-state index contributed by atoms with van der Waals surface area (Å²) < 4.78 is 32.9. The molecule has 1 heterocycles. The smallest absolute Gasteiger partial charge is 0.272 e. The monoisotopic (exact) mass is 393 g/mol. The van der Waals surface area contributed by atoms with E-state index in [0.29, 0.717) is 23.7 Å². The molecule has 0 fully saturated rings. The number of aromatic nitrogens is 2. The molecule has 0 radical (unpaired) electrons. The van der Waals surface area contributed by atoms with Crippen LogP contribution in [-0.2, 0) is 28.4 Å². The SMILES string of the molecule is Cc1nn(C)c(C)c1N(C(=O)c1ccc(COC(C)(C)C)cc1)S(C)(=O)=O. The minimum atomic E-state index is -3.83. The second-order valence-electron chi connectivity index (χ2n) is 7.57. The lowest BCUT2D eigenvalue weighted by molar-refractivity contribution is -0.0149. The molecule has 0 aliphatic rings. The van der Waals surface area contributed by atoms with Crippen LogP contribution in [0.25, 0.3) is 0 Å². The molecule has 0 bridgehead atoms. The quantitative estimate of drug-likeness (QED) is 0.780. The maximum atomic E-state index is 13.0. The van der Waals surface area contributed by atoms with E-state index >= 15 is 0 Å². The van der Waals surface area contributed by atoms with Crippen molar-refractivity contribution in [1.82, 2.24) is 9.78 Å². The zero-order valence-electron chi connectivity index (χ0n) is 16.9. The molecular formula is C19H27N3O4S. The van der Waals surface area contributed by atoms with E-state index in [1.54, 1.807) is 49.8 Å². The molecule has 2 rings (SSSR count). The molecule has 0 spiro atoms. The number of carbonyl (C=O) groups is 1. The van der Waals surface area contributed by atoms with Crippen molar-refractivity contribution in [3.05, 3.63) is 46.8 Å². The Hall–Kier alpha value is -2.19. The van der Waals surface area contributed by atoms with Gasteiger partial charge in [-0.3, -0.25) is 9.48 Å². The minimum absolute atomic E-state index is 0.267. The van der Waals surface area contributed by atoms with Crippen LogP contribution in [0.3, 0.4) is 0 Å². The third kappa shape index (κ3) is 4.95. The lowest BCUT2D eigenvalue weighted by atomic mass is 10.1. The standard InChI is InChI=1S/C19H27N3O4S/c1-13-17(14(2)21(6)20-13)22(27(7,24)25)18(23)16-10-8-15(9-11-16)12-26-19(3,4)5/h8-11H,12H2,1-7H3.